The minimum atomic E-state index is 0.274. The summed E-state index contributed by atoms with van der Waals surface area (Å²) >= 11 is 0. The van der Waals surface area contributed by atoms with Crippen LogP contribution in [0.2, 0.25) is 0 Å². The van der Waals surface area contributed by atoms with Gasteiger partial charge >= 0.3 is 6.03 Å². The molecular formula is C14H25N3O. The minimum absolute atomic E-state index is 0.274. The predicted octanol–water partition coefficient (Wildman–Crippen LogP) is 1.65. The number of rotatable bonds is 0. The number of carbonyl (C=O) groups is 1. The lowest BCUT2D eigenvalue weighted by molar-refractivity contribution is 0.150. The summed E-state index contributed by atoms with van der Waals surface area (Å²) in [5, 5.41) is 0. The predicted molar refractivity (Wildman–Crippen MR) is 71.2 cm³/mol. The highest BCUT2D eigenvalue weighted by Gasteiger charge is 2.41. The normalized spacial score (nSPS) is 36.6. The molecule has 0 aromatic heterocycles. The zero-order valence-electron chi connectivity index (χ0n) is 11.2. The molecule has 102 valence electrons. The lowest BCUT2D eigenvalue weighted by Crippen LogP contribution is -2.45. The van der Waals surface area contributed by atoms with Crippen LogP contribution in [0.15, 0.2) is 0 Å². The highest BCUT2D eigenvalue weighted by molar-refractivity contribution is 5.75. The van der Waals surface area contributed by atoms with E-state index in [1.165, 1.54) is 32.1 Å². The number of fused-ring (bicyclic) bond motifs is 1. The summed E-state index contributed by atoms with van der Waals surface area (Å²) in [7, 11) is 0. The third-order valence-corrected chi connectivity index (χ3v) is 5.05. The highest BCUT2D eigenvalue weighted by atomic mass is 16.2. The van der Waals surface area contributed by atoms with Crippen molar-refractivity contribution >= 4 is 6.03 Å². The number of nitrogens with two attached hydrogens (primary N) is 1. The molecule has 0 aromatic carbocycles. The van der Waals surface area contributed by atoms with Crippen LogP contribution in [0.1, 0.15) is 38.5 Å². The first kappa shape index (κ1) is 12.3. The van der Waals surface area contributed by atoms with Crippen LogP contribution in [0.3, 0.4) is 0 Å². The Labute approximate surface area is 109 Å². The summed E-state index contributed by atoms with van der Waals surface area (Å²) in [4.78, 5) is 16.6. The zero-order chi connectivity index (χ0) is 12.5. The quantitative estimate of drug-likeness (QED) is 0.711. The Bertz CT molecular complexity index is 314. The average molecular weight is 251 g/mol. The third kappa shape index (κ3) is 2.22. The van der Waals surface area contributed by atoms with Gasteiger partial charge in [-0.25, -0.2) is 4.79 Å². The van der Waals surface area contributed by atoms with Crippen LogP contribution in [0.5, 0.6) is 0 Å². The molecule has 4 nitrogen and oxygen atoms in total. The summed E-state index contributed by atoms with van der Waals surface area (Å²) < 4.78 is 0. The number of piperidine rings is 1. The van der Waals surface area contributed by atoms with Crippen LogP contribution < -0.4 is 5.73 Å². The molecule has 4 heteroatoms. The molecule has 3 aliphatic rings. The van der Waals surface area contributed by atoms with Gasteiger partial charge in [-0.3, -0.25) is 0 Å². The van der Waals surface area contributed by atoms with Crippen molar-refractivity contribution in [2.24, 2.45) is 17.6 Å². The van der Waals surface area contributed by atoms with Crippen molar-refractivity contribution < 1.29 is 4.79 Å². The summed E-state index contributed by atoms with van der Waals surface area (Å²) in [5.41, 5.74) is 6.21. The molecule has 0 aromatic rings. The monoisotopic (exact) mass is 251 g/mol. The van der Waals surface area contributed by atoms with E-state index in [9.17, 15) is 4.79 Å². The minimum Gasteiger partial charge on any atom is -0.327 e. The average Bonchev–Trinajstić information content (AvgIpc) is 2.84. The molecule has 1 aliphatic carbocycles. The number of nitrogens with zero attached hydrogens (tertiary/aromatic N) is 2. The first-order valence-electron chi connectivity index (χ1n) is 7.55. The van der Waals surface area contributed by atoms with Crippen molar-refractivity contribution in [3.05, 3.63) is 0 Å². The molecule has 3 atom stereocenters. The van der Waals surface area contributed by atoms with E-state index in [2.05, 4.69) is 4.90 Å². The van der Waals surface area contributed by atoms with Crippen molar-refractivity contribution in [2.45, 2.75) is 44.6 Å². The van der Waals surface area contributed by atoms with E-state index in [-0.39, 0.29) is 6.03 Å². The molecule has 3 fully saturated rings. The van der Waals surface area contributed by atoms with Gasteiger partial charge in [0.15, 0.2) is 0 Å². The maximum Gasteiger partial charge on any atom is 0.320 e. The SMILES string of the molecule is NC1CCCC2CN(C(=O)N3CCCCC3)CC12. The number of carbonyl (C=O) groups excluding carboxylic acids is 1. The Morgan fingerprint density at radius 1 is 0.944 bits per heavy atom. The first-order chi connectivity index (χ1) is 8.75. The van der Waals surface area contributed by atoms with E-state index in [0.29, 0.717) is 17.9 Å². The van der Waals surface area contributed by atoms with Gasteiger partial charge in [-0.1, -0.05) is 6.42 Å². The molecule has 2 amide bonds. The fraction of sp³-hybridized carbons (Fsp3) is 0.929. The van der Waals surface area contributed by atoms with Gasteiger partial charge in [0, 0.05) is 32.2 Å². The highest BCUT2D eigenvalue weighted by Crippen LogP contribution is 2.36. The van der Waals surface area contributed by atoms with Crippen molar-refractivity contribution in [2.75, 3.05) is 26.2 Å². The largest absolute Gasteiger partial charge is 0.327 e. The zero-order valence-corrected chi connectivity index (χ0v) is 11.2. The van der Waals surface area contributed by atoms with Crippen molar-refractivity contribution in [3.63, 3.8) is 0 Å². The second kappa shape index (κ2) is 5.08. The second-order valence-corrected chi connectivity index (χ2v) is 6.25. The molecule has 2 saturated heterocycles. The number of hydrogen-bond donors (Lipinski definition) is 1. The first-order valence-corrected chi connectivity index (χ1v) is 7.55. The Hall–Kier alpha value is -0.770. The molecule has 2 N–H and O–H groups in total. The topological polar surface area (TPSA) is 49.6 Å². The molecule has 0 radical (unpaired) electrons. The smallest absolute Gasteiger partial charge is 0.320 e. The van der Waals surface area contributed by atoms with Crippen LogP contribution in [-0.4, -0.2) is 48.1 Å². The van der Waals surface area contributed by atoms with E-state index < -0.39 is 0 Å². The Balaban J connectivity index is 1.62. The van der Waals surface area contributed by atoms with E-state index in [1.54, 1.807) is 0 Å². The Morgan fingerprint density at radius 2 is 1.72 bits per heavy atom. The summed E-state index contributed by atoms with van der Waals surface area (Å²) in [6, 6.07) is 0.596. The van der Waals surface area contributed by atoms with E-state index in [0.717, 1.165) is 32.6 Å². The molecule has 18 heavy (non-hydrogen) atoms. The molecular weight excluding hydrogens is 226 g/mol. The van der Waals surface area contributed by atoms with Crippen molar-refractivity contribution in [3.8, 4) is 0 Å². The van der Waals surface area contributed by atoms with Gasteiger partial charge < -0.3 is 15.5 Å². The van der Waals surface area contributed by atoms with Gasteiger partial charge in [0.05, 0.1) is 0 Å². The van der Waals surface area contributed by atoms with Crippen LogP contribution in [0.4, 0.5) is 4.79 Å². The molecule has 2 aliphatic heterocycles. The molecule has 0 bridgehead atoms. The van der Waals surface area contributed by atoms with Gasteiger partial charge in [-0.15, -0.1) is 0 Å². The van der Waals surface area contributed by atoms with Gasteiger partial charge in [-0.2, -0.15) is 0 Å². The maximum absolute atomic E-state index is 12.5. The van der Waals surface area contributed by atoms with Crippen LogP contribution in [0, 0.1) is 11.8 Å². The van der Waals surface area contributed by atoms with E-state index >= 15 is 0 Å². The third-order valence-electron chi connectivity index (χ3n) is 5.05. The van der Waals surface area contributed by atoms with Crippen molar-refractivity contribution in [1.82, 2.24) is 9.80 Å². The number of urea groups is 1. The number of hydrogen-bond acceptors (Lipinski definition) is 2. The molecule has 3 unspecified atom stereocenters. The van der Waals surface area contributed by atoms with Gasteiger partial charge in [0.2, 0.25) is 0 Å². The molecule has 3 rings (SSSR count). The molecule has 2 heterocycles. The number of amides is 2. The second-order valence-electron chi connectivity index (χ2n) is 6.25. The molecule has 1 saturated carbocycles. The number of likely N-dealkylation sites (tertiary alicyclic amines) is 2. The van der Waals surface area contributed by atoms with Gasteiger partial charge in [0.1, 0.15) is 0 Å². The molecule has 0 spiro atoms. The summed E-state index contributed by atoms with van der Waals surface area (Å²) in [6.07, 6.45) is 7.28. The van der Waals surface area contributed by atoms with Crippen molar-refractivity contribution in [1.29, 1.82) is 0 Å². The lowest BCUT2D eigenvalue weighted by atomic mass is 9.78. The summed E-state index contributed by atoms with van der Waals surface area (Å²) in [6.45, 7) is 3.77. The van der Waals surface area contributed by atoms with Crippen LogP contribution in [-0.2, 0) is 0 Å². The van der Waals surface area contributed by atoms with Crippen LogP contribution in [0.25, 0.3) is 0 Å². The lowest BCUT2D eigenvalue weighted by Gasteiger charge is -2.31. The van der Waals surface area contributed by atoms with Crippen LogP contribution >= 0.6 is 0 Å². The fourth-order valence-corrected chi connectivity index (χ4v) is 3.96. The standard InChI is InChI=1S/C14H25N3O/c15-13-6-4-5-11-9-17(10-12(11)13)14(18)16-7-2-1-3-8-16/h11-13H,1-10,15H2. The van der Waals surface area contributed by atoms with E-state index in [4.69, 9.17) is 5.73 Å². The fourth-order valence-electron chi connectivity index (χ4n) is 3.96. The van der Waals surface area contributed by atoms with E-state index in [1.807, 2.05) is 4.90 Å². The summed E-state index contributed by atoms with van der Waals surface area (Å²) in [5.74, 6) is 1.23. The van der Waals surface area contributed by atoms with Gasteiger partial charge in [-0.05, 0) is 43.9 Å². The maximum atomic E-state index is 12.5. The van der Waals surface area contributed by atoms with Gasteiger partial charge in [0.25, 0.3) is 0 Å². The Morgan fingerprint density at radius 3 is 2.44 bits per heavy atom. The Kier molecular flexibility index (Phi) is 3.46.